The highest BCUT2D eigenvalue weighted by Gasteiger charge is 2.30. The van der Waals surface area contributed by atoms with E-state index < -0.39 is 16.8 Å². The Balaban J connectivity index is 2.27. The lowest BCUT2D eigenvalue weighted by atomic mass is 9.93. The van der Waals surface area contributed by atoms with Crippen LogP contribution in [-0.2, 0) is 4.79 Å². The van der Waals surface area contributed by atoms with Crippen molar-refractivity contribution in [3.8, 4) is 5.75 Å². The minimum atomic E-state index is -0.858. The number of benzene rings is 1. The van der Waals surface area contributed by atoms with Crippen molar-refractivity contribution in [1.82, 2.24) is 4.90 Å². The number of nitro benzene ring substituents is 1. The van der Waals surface area contributed by atoms with Crippen LogP contribution in [0.3, 0.4) is 0 Å². The predicted octanol–water partition coefficient (Wildman–Crippen LogP) is 3.04. The van der Waals surface area contributed by atoms with Gasteiger partial charge in [-0.2, -0.15) is 0 Å². The summed E-state index contributed by atoms with van der Waals surface area (Å²) in [5.74, 6) is -0.793. The number of amides is 1. The lowest BCUT2D eigenvalue weighted by molar-refractivity contribution is -0.385. The lowest BCUT2D eigenvalue weighted by Crippen LogP contribution is -2.40. The molecule has 8 nitrogen and oxygen atoms in total. The number of carboxylic acids is 1. The summed E-state index contributed by atoms with van der Waals surface area (Å²) < 4.78 is 5.17. The van der Waals surface area contributed by atoms with E-state index in [1.54, 1.807) is 11.2 Å². The summed E-state index contributed by atoms with van der Waals surface area (Å²) in [6.45, 7) is 0.935. The Morgan fingerprint density at radius 2 is 2.19 bits per heavy atom. The molecule has 1 heterocycles. The van der Waals surface area contributed by atoms with Crippen LogP contribution >= 0.6 is 11.8 Å². The average molecular weight is 382 g/mol. The van der Waals surface area contributed by atoms with Gasteiger partial charge < -0.3 is 14.7 Å². The number of aliphatic carboxylic acids is 1. The number of nitro groups is 1. The van der Waals surface area contributed by atoms with E-state index in [0.717, 1.165) is 12.8 Å². The van der Waals surface area contributed by atoms with Crippen molar-refractivity contribution < 1.29 is 24.4 Å². The normalized spacial score (nSPS) is 17.0. The largest absolute Gasteiger partial charge is 0.495 e. The second kappa shape index (κ2) is 8.88. The molecule has 26 heavy (non-hydrogen) atoms. The van der Waals surface area contributed by atoms with E-state index in [-0.39, 0.29) is 23.6 Å². The molecule has 0 aliphatic carbocycles. The number of ether oxygens (including phenoxy) is 1. The second-order valence-corrected chi connectivity index (χ2v) is 7.02. The molecule has 0 spiro atoms. The highest BCUT2D eigenvalue weighted by atomic mass is 32.2. The van der Waals surface area contributed by atoms with Crippen LogP contribution < -0.4 is 4.74 Å². The first-order valence-electron chi connectivity index (χ1n) is 8.28. The van der Waals surface area contributed by atoms with Gasteiger partial charge in [-0.3, -0.25) is 19.7 Å². The van der Waals surface area contributed by atoms with Crippen LogP contribution in [0.25, 0.3) is 0 Å². The number of thioether (sulfide) groups is 1. The standard InChI is InChI=1S/C17H22N2O6S/c1-25-14-9-13(19(23)24)12(8-15(14)26-2)17(22)18-7-3-4-11(10-18)5-6-16(20)21/h8-9,11H,3-7,10H2,1-2H3,(H,20,21). The fourth-order valence-corrected chi connectivity index (χ4v) is 3.75. The highest BCUT2D eigenvalue weighted by molar-refractivity contribution is 7.98. The zero-order valence-corrected chi connectivity index (χ0v) is 15.6. The molecular formula is C17H22N2O6S. The lowest BCUT2D eigenvalue weighted by Gasteiger charge is -2.32. The Labute approximate surface area is 155 Å². The number of carbonyl (C=O) groups is 2. The van der Waals surface area contributed by atoms with Crippen LogP contribution in [-0.4, -0.2) is 53.3 Å². The number of likely N-dealkylation sites (tertiary alicyclic amines) is 1. The number of rotatable bonds is 7. The number of piperidine rings is 1. The molecule has 1 unspecified atom stereocenters. The molecule has 1 fully saturated rings. The smallest absolute Gasteiger partial charge is 0.303 e. The molecule has 0 radical (unpaired) electrons. The van der Waals surface area contributed by atoms with Gasteiger partial charge in [0.15, 0.2) is 0 Å². The van der Waals surface area contributed by atoms with E-state index >= 15 is 0 Å². The Hall–Kier alpha value is -2.29. The zero-order chi connectivity index (χ0) is 19.3. The fourth-order valence-electron chi connectivity index (χ4n) is 3.17. The van der Waals surface area contributed by atoms with E-state index in [4.69, 9.17) is 9.84 Å². The van der Waals surface area contributed by atoms with Gasteiger partial charge in [-0.1, -0.05) is 0 Å². The first kappa shape index (κ1) is 20.0. The highest BCUT2D eigenvalue weighted by Crippen LogP contribution is 2.35. The molecule has 0 saturated carbocycles. The Kier molecular flexibility index (Phi) is 6.84. The molecular weight excluding hydrogens is 360 g/mol. The fraction of sp³-hybridized carbons (Fsp3) is 0.529. The number of hydrogen-bond donors (Lipinski definition) is 1. The average Bonchev–Trinajstić information content (AvgIpc) is 2.64. The monoisotopic (exact) mass is 382 g/mol. The van der Waals surface area contributed by atoms with Crippen LogP contribution in [0.5, 0.6) is 5.75 Å². The molecule has 2 rings (SSSR count). The SMILES string of the molecule is COc1cc([N+](=O)[O-])c(C(=O)N2CCCC(CCC(=O)O)C2)cc1SC. The van der Waals surface area contributed by atoms with Gasteiger partial charge in [-0.15, -0.1) is 11.8 Å². The summed E-state index contributed by atoms with van der Waals surface area (Å²) >= 11 is 1.35. The van der Waals surface area contributed by atoms with E-state index in [9.17, 15) is 19.7 Å². The van der Waals surface area contributed by atoms with Crippen LogP contribution in [0.4, 0.5) is 5.69 Å². The molecule has 1 saturated heterocycles. The molecule has 1 aliphatic heterocycles. The topological polar surface area (TPSA) is 110 Å². The number of hydrogen-bond acceptors (Lipinski definition) is 6. The van der Waals surface area contributed by atoms with Gasteiger partial charge in [0.1, 0.15) is 11.3 Å². The quantitative estimate of drug-likeness (QED) is 0.438. The van der Waals surface area contributed by atoms with Crippen LogP contribution in [0.1, 0.15) is 36.0 Å². The van der Waals surface area contributed by atoms with Crippen molar-refractivity contribution in [2.24, 2.45) is 5.92 Å². The molecule has 0 bridgehead atoms. The summed E-state index contributed by atoms with van der Waals surface area (Å²) in [5, 5.41) is 20.3. The van der Waals surface area contributed by atoms with Crippen molar-refractivity contribution >= 4 is 29.3 Å². The summed E-state index contributed by atoms with van der Waals surface area (Å²) in [5.41, 5.74) is -0.239. The maximum atomic E-state index is 12.9. The summed E-state index contributed by atoms with van der Waals surface area (Å²) in [6, 6.07) is 2.79. The molecule has 1 N–H and O–H groups in total. The molecule has 1 atom stereocenters. The van der Waals surface area contributed by atoms with Crippen molar-refractivity contribution in [1.29, 1.82) is 0 Å². The number of nitrogens with zero attached hydrogens (tertiary/aromatic N) is 2. The third-order valence-corrected chi connectivity index (χ3v) is 5.26. The number of carbonyl (C=O) groups excluding carboxylic acids is 1. The molecule has 1 amide bonds. The van der Waals surface area contributed by atoms with Gasteiger partial charge >= 0.3 is 5.97 Å². The maximum absolute atomic E-state index is 12.9. The van der Waals surface area contributed by atoms with Crippen LogP contribution in [0, 0.1) is 16.0 Å². The van der Waals surface area contributed by atoms with Gasteiger partial charge in [0.25, 0.3) is 11.6 Å². The third kappa shape index (κ3) is 4.66. The van der Waals surface area contributed by atoms with Crippen LogP contribution in [0.2, 0.25) is 0 Å². The van der Waals surface area contributed by atoms with Gasteiger partial charge in [0.2, 0.25) is 0 Å². The first-order chi connectivity index (χ1) is 12.4. The predicted molar refractivity (Wildman–Crippen MR) is 96.9 cm³/mol. The molecule has 1 aromatic carbocycles. The summed E-state index contributed by atoms with van der Waals surface area (Å²) in [4.78, 5) is 36.8. The van der Waals surface area contributed by atoms with Gasteiger partial charge in [0, 0.05) is 19.5 Å². The molecule has 1 aromatic rings. The Morgan fingerprint density at radius 3 is 2.77 bits per heavy atom. The van der Waals surface area contributed by atoms with Crippen molar-refractivity contribution in [2.75, 3.05) is 26.5 Å². The molecule has 0 aromatic heterocycles. The summed E-state index contributed by atoms with van der Waals surface area (Å²) in [7, 11) is 1.43. The zero-order valence-electron chi connectivity index (χ0n) is 14.8. The minimum absolute atomic E-state index is 0.0408. The van der Waals surface area contributed by atoms with E-state index in [2.05, 4.69) is 0 Å². The molecule has 9 heteroatoms. The first-order valence-corrected chi connectivity index (χ1v) is 9.51. The Morgan fingerprint density at radius 1 is 1.46 bits per heavy atom. The third-order valence-electron chi connectivity index (χ3n) is 4.50. The van der Waals surface area contributed by atoms with E-state index in [0.29, 0.717) is 30.2 Å². The minimum Gasteiger partial charge on any atom is -0.495 e. The van der Waals surface area contributed by atoms with Gasteiger partial charge in [-0.25, -0.2) is 0 Å². The van der Waals surface area contributed by atoms with Crippen LogP contribution in [0.15, 0.2) is 17.0 Å². The van der Waals surface area contributed by atoms with Crippen molar-refractivity contribution in [2.45, 2.75) is 30.6 Å². The van der Waals surface area contributed by atoms with E-state index in [1.807, 2.05) is 0 Å². The maximum Gasteiger partial charge on any atom is 0.303 e. The number of methoxy groups -OCH3 is 1. The van der Waals surface area contributed by atoms with Crippen molar-refractivity contribution in [3.63, 3.8) is 0 Å². The Bertz CT molecular complexity index is 709. The molecule has 142 valence electrons. The second-order valence-electron chi connectivity index (χ2n) is 6.17. The molecule has 1 aliphatic rings. The summed E-state index contributed by atoms with van der Waals surface area (Å²) in [6.07, 6.45) is 3.99. The van der Waals surface area contributed by atoms with Gasteiger partial charge in [0.05, 0.1) is 23.0 Å². The van der Waals surface area contributed by atoms with Gasteiger partial charge in [-0.05, 0) is 37.5 Å². The van der Waals surface area contributed by atoms with E-state index in [1.165, 1.54) is 31.0 Å². The number of carboxylic acid groups (broad SMARTS) is 1. The van der Waals surface area contributed by atoms with Crippen molar-refractivity contribution in [3.05, 3.63) is 27.8 Å².